The van der Waals surface area contributed by atoms with Gasteiger partial charge < -0.3 is 5.73 Å². The molecule has 5 heteroatoms. The number of benzene rings is 1. The Kier molecular flexibility index (Phi) is 3.26. The summed E-state index contributed by atoms with van der Waals surface area (Å²) in [7, 11) is 0. The fourth-order valence-corrected chi connectivity index (χ4v) is 1.86. The third-order valence-electron chi connectivity index (χ3n) is 3.01. The molecule has 0 aliphatic heterocycles. The molecule has 1 unspecified atom stereocenters. The average Bonchev–Trinajstić information content (AvgIpc) is 2.35. The maximum atomic E-state index is 12.8. The summed E-state index contributed by atoms with van der Waals surface area (Å²) in [4.78, 5) is 3.65. The molecule has 0 aliphatic carbocycles. The zero-order chi connectivity index (χ0) is 13.3. The monoisotopic (exact) mass is 254 g/mol. The molecule has 2 N–H and O–H groups in total. The maximum Gasteiger partial charge on any atom is 0.418 e. The van der Waals surface area contributed by atoms with E-state index in [9.17, 15) is 13.2 Å². The first kappa shape index (κ1) is 12.8. The van der Waals surface area contributed by atoms with Gasteiger partial charge in [-0.15, -0.1) is 0 Å². The van der Waals surface area contributed by atoms with Gasteiger partial charge in [0.1, 0.15) is 0 Å². The second kappa shape index (κ2) is 4.57. The fraction of sp³-hybridized carbons (Fsp3) is 0.308. The topological polar surface area (TPSA) is 38.9 Å². The van der Waals surface area contributed by atoms with Gasteiger partial charge in [-0.1, -0.05) is 19.1 Å². The summed E-state index contributed by atoms with van der Waals surface area (Å²) >= 11 is 0. The minimum atomic E-state index is -4.38. The first-order valence-corrected chi connectivity index (χ1v) is 5.58. The van der Waals surface area contributed by atoms with Gasteiger partial charge in [-0.2, -0.15) is 13.2 Å². The molecule has 0 aliphatic rings. The third kappa shape index (κ3) is 2.31. The molecule has 0 bridgehead atoms. The highest BCUT2D eigenvalue weighted by Gasteiger charge is 2.32. The molecule has 1 atom stereocenters. The molecular weight excluding hydrogens is 241 g/mol. The summed E-state index contributed by atoms with van der Waals surface area (Å²) in [6.07, 6.45) is -2.08. The predicted molar refractivity (Wildman–Crippen MR) is 64.2 cm³/mol. The molecule has 0 fully saturated rings. The van der Waals surface area contributed by atoms with E-state index in [1.54, 1.807) is 12.1 Å². The van der Waals surface area contributed by atoms with Crippen molar-refractivity contribution in [3.8, 4) is 0 Å². The molecule has 0 spiro atoms. The van der Waals surface area contributed by atoms with Crippen molar-refractivity contribution in [2.75, 3.05) is 6.54 Å². The fourth-order valence-electron chi connectivity index (χ4n) is 1.86. The van der Waals surface area contributed by atoms with Gasteiger partial charge >= 0.3 is 6.18 Å². The van der Waals surface area contributed by atoms with Gasteiger partial charge in [0, 0.05) is 17.8 Å². The number of halogens is 3. The lowest BCUT2D eigenvalue weighted by Crippen LogP contribution is -2.09. The highest BCUT2D eigenvalue weighted by molar-refractivity contribution is 5.85. The average molecular weight is 254 g/mol. The molecule has 0 saturated heterocycles. The van der Waals surface area contributed by atoms with Crippen LogP contribution in [0.3, 0.4) is 0 Å². The van der Waals surface area contributed by atoms with Crippen LogP contribution in [0.2, 0.25) is 0 Å². The Morgan fingerprint density at radius 3 is 2.61 bits per heavy atom. The number of nitrogens with zero attached hydrogens (tertiary/aromatic N) is 1. The number of hydrogen-bond acceptors (Lipinski definition) is 2. The lowest BCUT2D eigenvalue weighted by atomic mass is 9.97. The number of rotatable bonds is 2. The van der Waals surface area contributed by atoms with Crippen molar-refractivity contribution >= 4 is 10.8 Å². The van der Waals surface area contributed by atoms with Gasteiger partial charge in [0.15, 0.2) is 0 Å². The molecule has 0 saturated carbocycles. The van der Waals surface area contributed by atoms with E-state index in [0.29, 0.717) is 11.9 Å². The summed E-state index contributed by atoms with van der Waals surface area (Å²) in [5, 5.41) is 0.660. The van der Waals surface area contributed by atoms with Crippen LogP contribution in [-0.2, 0) is 6.18 Å². The van der Waals surface area contributed by atoms with Crippen molar-refractivity contribution in [1.29, 1.82) is 0 Å². The Balaban J connectivity index is 2.61. The summed E-state index contributed by atoms with van der Waals surface area (Å²) in [6.45, 7) is 2.39. The molecular formula is C13H13F3N2. The molecule has 2 rings (SSSR count). The lowest BCUT2D eigenvalue weighted by Gasteiger charge is -2.13. The third-order valence-corrected chi connectivity index (χ3v) is 3.01. The Morgan fingerprint density at radius 1 is 1.28 bits per heavy atom. The largest absolute Gasteiger partial charge is 0.418 e. The zero-order valence-corrected chi connectivity index (χ0v) is 9.83. The van der Waals surface area contributed by atoms with Crippen LogP contribution in [0.25, 0.3) is 10.8 Å². The molecule has 1 aromatic heterocycles. The summed E-state index contributed by atoms with van der Waals surface area (Å²) < 4.78 is 38.3. The standard InChI is InChI=1S/C13H13F3N2/c1-8(5-17)9-2-3-11-10(4-9)6-18-7-12(11)13(14,15)16/h2-4,6-8H,5,17H2,1H3. The molecule has 0 amide bonds. The van der Waals surface area contributed by atoms with Crippen LogP contribution in [-0.4, -0.2) is 11.5 Å². The number of nitrogens with two attached hydrogens (primary N) is 1. The molecule has 2 nitrogen and oxygen atoms in total. The van der Waals surface area contributed by atoms with E-state index >= 15 is 0 Å². The van der Waals surface area contributed by atoms with Crippen LogP contribution in [0.15, 0.2) is 30.6 Å². The quantitative estimate of drug-likeness (QED) is 0.892. The van der Waals surface area contributed by atoms with Crippen LogP contribution in [0.5, 0.6) is 0 Å². The smallest absolute Gasteiger partial charge is 0.330 e. The first-order chi connectivity index (χ1) is 8.43. The molecule has 96 valence electrons. The molecule has 2 aromatic rings. The minimum Gasteiger partial charge on any atom is -0.330 e. The van der Waals surface area contributed by atoms with E-state index in [1.165, 1.54) is 12.3 Å². The molecule has 0 radical (unpaired) electrons. The van der Waals surface area contributed by atoms with Crippen molar-refractivity contribution in [2.24, 2.45) is 5.73 Å². The van der Waals surface area contributed by atoms with E-state index < -0.39 is 11.7 Å². The zero-order valence-electron chi connectivity index (χ0n) is 9.83. The number of alkyl halides is 3. The van der Waals surface area contributed by atoms with Gasteiger partial charge in [-0.3, -0.25) is 4.98 Å². The van der Waals surface area contributed by atoms with Crippen molar-refractivity contribution in [1.82, 2.24) is 4.98 Å². The van der Waals surface area contributed by atoms with E-state index in [2.05, 4.69) is 4.98 Å². The van der Waals surface area contributed by atoms with Crippen LogP contribution in [0, 0.1) is 0 Å². The SMILES string of the molecule is CC(CN)c1ccc2c(C(F)(F)F)cncc2c1. The Morgan fingerprint density at radius 2 is 2.00 bits per heavy atom. The van der Waals surface area contributed by atoms with Gasteiger partial charge in [0.25, 0.3) is 0 Å². The van der Waals surface area contributed by atoms with Crippen molar-refractivity contribution in [3.05, 3.63) is 41.7 Å². The molecule has 18 heavy (non-hydrogen) atoms. The van der Waals surface area contributed by atoms with Gasteiger partial charge in [0.05, 0.1) is 5.56 Å². The van der Waals surface area contributed by atoms with Gasteiger partial charge in [-0.05, 0) is 29.5 Å². The number of pyridine rings is 1. The summed E-state index contributed by atoms with van der Waals surface area (Å²) in [5.74, 6) is 0.115. The second-order valence-corrected chi connectivity index (χ2v) is 4.30. The highest BCUT2D eigenvalue weighted by atomic mass is 19.4. The van der Waals surface area contributed by atoms with Crippen molar-refractivity contribution in [3.63, 3.8) is 0 Å². The van der Waals surface area contributed by atoms with Crippen molar-refractivity contribution < 1.29 is 13.2 Å². The first-order valence-electron chi connectivity index (χ1n) is 5.58. The minimum absolute atomic E-state index is 0.115. The van der Waals surface area contributed by atoms with Crippen LogP contribution in [0.1, 0.15) is 24.0 Å². The highest BCUT2D eigenvalue weighted by Crippen LogP contribution is 2.34. The van der Waals surface area contributed by atoms with E-state index in [0.717, 1.165) is 11.8 Å². The Labute approximate surface area is 103 Å². The number of hydrogen-bond donors (Lipinski definition) is 1. The number of fused-ring (bicyclic) bond motifs is 1. The van der Waals surface area contributed by atoms with Gasteiger partial charge in [0.2, 0.25) is 0 Å². The lowest BCUT2D eigenvalue weighted by molar-refractivity contribution is -0.136. The van der Waals surface area contributed by atoms with Crippen LogP contribution < -0.4 is 5.73 Å². The number of aromatic nitrogens is 1. The van der Waals surface area contributed by atoms with E-state index in [-0.39, 0.29) is 11.3 Å². The normalized spacial score (nSPS) is 13.8. The second-order valence-electron chi connectivity index (χ2n) is 4.30. The predicted octanol–water partition coefficient (Wildman–Crippen LogP) is 3.32. The maximum absolute atomic E-state index is 12.8. The van der Waals surface area contributed by atoms with Crippen LogP contribution in [0.4, 0.5) is 13.2 Å². The Hall–Kier alpha value is -1.62. The van der Waals surface area contributed by atoms with Gasteiger partial charge in [-0.25, -0.2) is 0 Å². The van der Waals surface area contributed by atoms with E-state index in [4.69, 9.17) is 5.73 Å². The Bertz CT molecular complexity index is 564. The van der Waals surface area contributed by atoms with E-state index in [1.807, 2.05) is 6.92 Å². The molecule has 1 aromatic carbocycles. The molecule has 1 heterocycles. The summed E-state index contributed by atoms with van der Waals surface area (Å²) in [5.41, 5.74) is 5.77. The van der Waals surface area contributed by atoms with Crippen molar-refractivity contribution in [2.45, 2.75) is 19.0 Å². The van der Waals surface area contributed by atoms with Crippen LogP contribution >= 0.6 is 0 Å². The summed E-state index contributed by atoms with van der Waals surface area (Å²) in [6, 6.07) is 4.89.